The van der Waals surface area contributed by atoms with Crippen molar-refractivity contribution in [2.24, 2.45) is 5.73 Å². The zero-order chi connectivity index (χ0) is 14.4. The monoisotopic (exact) mass is 294 g/mol. The van der Waals surface area contributed by atoms with Crippen LogP contribution < -0.4 is 11.1 Å². The van der Waals surface area contributed by atoms with Crippen LogP contribution in [0.2, 0.25) is 0 Å². The molecule has 0 rings (SSSR count). The number of nitrogens with one attached hydrogen (secondary N) is 1. The Morgan fingerprint density at radius 3 is 2.22 bits per heavy atom. The molecule has 0 bridgehead atoms. The highest BCUT2D eigenvalue weighted by Crippen LogP contribution is 2.34. The van der Waals surface area contributed by atoms with Crippen molar-refractivity contribution >= 4 is 33.6 Å². The summed E-state index contributed by atoms with van der Waals surface area (Å²) in [6, 6.07) is 0. The highest BCUT2D eigenvalue weighted by Gasteiger charge is 2.22. The smallest absolute Gasteiger partial charge is 0.407 e. The molecule has 18 heavy (non-hydrogen) atoms. The minimum Gasteiger partial charge on any atom is -0.444 e. The average Bonchev–Trinajstić information content (AvgIpc) is 2.11. The molecule has 0 unspecified atom stereocenters. The van der Waals surface area contributed by atoms with Gasteiger partial charge in [-0.05, 0) is 34.6 Å². The normalized spacial score (nSPS) is 12.1. The number of nitrogens with two attached hydrogens (primary N) is 1. The predicted molar refractivity (Wildman–Crippen MR) is 77.6 cm³/mol. The van der Waals surface area contributed by atoms with Gasteiger partial charge >= 0.3 is 6.09 Å². The molecule has 0 saturated heterocycles. The van der Waals surface area contributed by atoms with Crippen LogP contribution >= 0.6 is 21.6 Å². The number of carbonyl (C=O) groups is 2. The van der Waals surface area contributed by atoms with Gasteiger partial charge in [0.25, 0.3) is 0 Å². The zero-order valence-electron chi connectivity index (χ0n) is 11.5. The van der Waals surface area contributed by atoms with Crippen LogP contribution in [0.25, 0.3) is 0 Å². The van der Waals surface area contributed by atoms with Crippen LogP contribution in [-0.4, -0.2) is 34.6 Å². The van der Waals surface area contributed by atoms with Crippen molar-refractivity contribution < 1.29 is 14.3 Å². The topological polar surface area (TPSA) is 81.4 Å². The third-order valence-corrected chi connectivity index (χ3v) is 4.72. The van der Waals surface area contributed by atoms with Gasteiger partial charge in [0, 0.05) is 11.3 Å². The van der Waals surface area contributed by atoms with Crippen molar-refractivity contribution in [3.8, 4) is 0 Å². The average molecular weight is 294 g/mol. The number of amides is 2. The van der Waals surface area contributed by atoms with Gasteiger partial charge in [0.1, 0.15) is 5.60 Å². The molecule has 0 radical (unpaired) electrons. The molecular formula is C11H22N2O3S2. The van der Waals surface area contributed by atoms with Gasteiger partial charge in [0.15, 0.2) is 0 Å². The van der Waals surface area contributed by atoms with E-state index in [1.54, 1.807) is 0 Å². The van der Waals surface area contributed by atoms with Crippen LogP contribution in [0.15, 0.2) is 0 Å². The van der Waals surface area contributed by atoms with Crippen LogP contribution in [0.4, 0.5) is 4.79 Å². The Labute approximate surface area is 116 Å². The van der Waals surface area contributed by atoms with E-state index in [0.29, 0.717) is 6.54 Å². The third kappa shape index (κ3) is 10.6. The minimum atomic E-state index is -0.498. The van der Waals surface area contributed by atoms with Crippen LogP contribution in [0, 0.1) is 0 Å². The van der Waals surface area contributed by atoms with Crippen LogP contribution in [0.1, 0.15) is 34.6 Å². The van der Waals surface area contributed by atoms with Crippen molar-refractivity contribution in [3.63, 3.8) is 0 Å². The van der Waals surface area contributed by atoms with E-state index in [0.717, 1.165) is 0 Å². The summed E-state index contributed by atoms with van der Waals surface area (Å²) >= 11 is 0. The lowest BCUT2D eigenvalue weighted by Gasteiger charge is -2.25. The van der Waals surface area contributed by atoms with Crippen molar-refractivity contribution in [2.45, 2.75) is 45.0 Å². The number of primary amides is 1. The van der Waals surface area contributed by atoms with E-state index in [1.807, 2.05) is 34.6 Å². The first kappa shape index (κ1) is 17.4. The summed E-state index contributed by atoms with van der Waals surface area (Å²) in [5.41, 5.74) is 4.55. The SMILES string of the molecule is CC(C)(C)OC(=O)NCC(C)(C)SSCC(N)=O. The molecule has 2 amide bonds. The Morgan fingerprint density at radius 1 is 1.22 bits per heavy atom. The lowest BCUT2D eigenvalue weighted by atomic mass is 10.2. The highest BCUT2D eigenvalue weighted by atomic mass is 33.1. The Kier molecular flexibility index (Phi) is 6.91. The molecule has 106 valence electrons. The second-order valence-corrected chi connectivity index (χ2v) is 8.43. The van der Waals surface area contributed by atoms with Gasteiger partial charge in [-0.3, -0.25) is 4.79 Å². The Morgan fingerprint density at radius 2 is 1.78 bits per heavy atom. The summed E-state index contributed by atoms with van der Waals surface area (Å²) in [5, 5.41) is 2.71. The molecule has 0 aromatic carbocycles. The summed E-state index contributed by atoms with van der Waals surface area (Å²) in [5.74, 6) is -0.0797. The first-order chi connectivity index (χ1) is 8.02. The molecule has 0 spiro atoms. The standard InChI is InChI=1S/C11H22N2O3S2/c1-10(2,3)16-9(15)13-7-11(4,5)18-17-6-8(12)14/h6-7H2,1-5H3,(H2,12,14)(H,13,15). The summed E-state index contributed by atoms with van der Waals surface area (Å²) < 4.78 is 4.94. The molecule has 0 aliphatic carbocycles. The number of hydrogen-bond donors (Lipinski definition) is 2. The van der Waals surface area contributed by atoms with Gasteiger partial charge < -0.3 is 15.8 Å². The maximum absolute atomic E-state index is 11.5. The Hall–Kier alpha value is -0.560. The molecule has 0 heterocycles. The van der Waals surface area contributed by atoms with E-state index in [2.05, 4.69) is 5.32 Å². The van der Waals surface area contributed by atoms with E-state index < -0.39 is 11.7 Å². The molecule has 0 atom stereocenters. The van der Waals surface area contributed by atoms with Gasteiger partial charge in [-0.1, -0.05) is 21.6 Å². The summed E-state index contributed by atoms with van der Waals surface area (Å²) in [7, 11) is 2.90. The van der Waals surface area contributed by atoms with Crippen molar-refractivity contribution in [1.29, 1.82) is 0 Å². The Balaban J connectivity index is 3.95. The fourth-order valence-electron chi connectivity index (χ4n) is 0.876. The van der Waals surface area contributed by atoms with Crippen LogP contribution in [0.3, 0.4) is 0 Å². The zero-order valence-corrected chi connectivity index (χ0v) is 13.2. The van der Waals surface area contributed by atoms with Gasteiger partial charge in [-0.2, -0.15) is 0 Å². The number of hydrogen-bond acceptors (Lipinski definition) is 5. The lowest BCUT2D eigenvalue weighted by Crippen LogP contribution is -2.39. The molecule has 0 aromatic heterocycles. The van der Waals surface area contributed by atoms with Crippen molar-refractivity contribution in [3.05, 3.63) is 0 Å². The first-order valence-electron chi connectivity index (χ1n) is 5.58. The maximum atomic E-state index is 11.5. The highest BCUT2D eigenvalue weighted by molar-refractivity contribution is 8.77. The number of ether oxygens (including phenoxy) is 1. The summed E-state index contributed by atoms with van der Waals surface area (Å²) in [6.07, 6.45) is -0.434. The first-order valence-corrected chi connectivity index (χ1v) is 7.89. The second kappa shape index (κ2) is 7.13. The van der Waals surface area contributed by atoms with Gasteiger partial charge in [-0.15, -0.1) is 0 Å². The van der Waals surface area contributed by atoms with E-state index in [-0.39, 0.29) is 16.4 Å². The molecule has 5 nitrogen and oxygen atoms in total. The quantitative estimate of drug-likeness (QED) is 0.734. The van der Waals surface area contributed by atoms with E-state index in [9.17, 15) is 9.59 Å². The fraction of sp³-hybridized carbons (Fsp3) is 0.818. The van der Waals surface area contributed by atoms with Crippen molar-refractivity contribution in [2.75, 3.05) is 12.3 Å². The van der Waals surface area contributed by atoms with E-state index >= 15 is 0 Å². The largest absolute Gasteiger partial charge is 0.444 e. The maximum Gasteiger partial charge on any atom is 0.407 e. The molecule has 0 aromatic rings. The molecule has 7 heteroatoms. The second-order valence-electron chi connectivity index (χ2n) is 5.43. The Bertz CT molecular complexity index is 301. The minimum absolute atomic E-state index is 0.197. The molecule has 0 fully saturated rings. The predicted octanol–water partition coefficient (Wildman–Crippen LogP) is 2.16. The third-order valence-electron chi connectivity index (χ3n) is 1.54. The van der Waals surface area contributed by atoms with E-state index in [4.69, 9.17) is 10.5 Å². The summed E-state index contributed by atoms with van der Waals surface area (Å²) in [6.45, 7) is 9.85. The fourth-order valence-corrected chi connectivity index (χ4v) is 3.16. The van der Waals surface area contributed by atoms with Crippen molar-refractivity contribution in [1.82, 2.24) is 5.32 Å². The van der Waals surface area contributed by atoms with E-state index in [1.165, 1.54) is 21.6 Å². The van der Waals surface area contributed by atoms with Crippen LogP contribution in [-0.2, 0) is 9.53 Å². The molecular weight excluding hydrogens is 272 g/mol. The molecule has 0 aliphatic heterocycles. The number of alkyl carbamates (subject to hydrolysis) is 1. The molecule has 0 aliphatic rings. The lowest BCUT2D eigenvalue weighted by molar-refractivity contribution is -0.115. The molecule has 3 N–H and O–H groups in total. The number of rotatable bonds is 6. The summed E-state index contributed by atoms with van der Waals surface area (Å²) in [4.78, 5) is 22.1. The van der Waals surface area contributed by atoms with Gasteiger partial charge in [0.05, 0.1) is 5.75 Å². The van der Waals surface area contributed by atoms with Crippen LogP contribution in [0.5, 0.6) is 0 Å². The van der Waals surface area contributed by atoms with Gasteiger partial charge in [0.2, 0.25) is 5.91 Å². The number of carbonyl (C=O) groups excluding carboxylic acids is 2. The molecule has 0 saturated carbocycles. The van der Waals surface area contributed by atoms with Gasteiger partial charge in [-0.25, -0.2) is 4.79 Å².